The zero-order chi connectivity index (χ0) is 51.4. The van der Waals surface area contributed by atoms with Crippen molar-refractivity contribution in [1.82, 2.24) is 0 Å². The maximum atomic E-state index is 12.8. The van der Waals surface area contributed by atoms with Crippen molar-refractivity contribution in [3.8, 4) is 0 Å². The third-order valence-corrected chi connectivity index (χ3v) is 14.5. The van der Waals surface area contributed by atoms with E-state index in [4.69, 9.17) is 14.2 Å². The number of hydrogen-bond donors (Lipinski definition) is 0. The molecule has 6 nitrogen and oxygen atoms in total. The van der Waals surface area contributed by atoms with Gasteiger partial charge in [0.25, 0.3) is 0 Å². The fourth-order valence-corrected chi connectivity index (χ4v) is 9.65. The van der Waals surface area contributed by atoms with Crippen LogP contribution >= 0.6 is 0 Å². The molecular formula is C65H122O6. The van der Waals surface area contributed by atoms with Gasteiger partial charge in [0.05, 0.1) is 0 Å². The molecule has 0 fully saturated rings. The Morgan fingerprint density at radius 1 is 0.282 bits per heavy atom. The van der Waals surface area contributed by atoms with Gasteiger partial charge in [-0.3, -0.25) is 14.4 Å². The van der Waals surface area contributed by atoms with Crippen LogP contribution in [0.2, 0.25) is 0 Å². The zero-order valence-corrected chi connectivity index (χ0v) is 48.0. The highest BCUT2D eigenvalue weighted by atomic mass is 16.6. The van der Waals surface area contributed by atoms with Gasteiger partial charge >= 0.3 is 17.9 Å². The van der Waals surface area contributed by atoms with E-state index in [2.05, 4.69) is 45.1 Å². The maximum absolute atomic E-state index is 12.8. The van der Waals surface area contributed by atoms with Gasteiger partial charge in [0, 0.05) is 19.3 Å². The van der Waals surface area contributed by atoms with Crippen LogP contribution in [-0.2, 0) is 28.6 Å². The largest absolute Gasteiger partial charge is 0.462 e. The molecule has 418 valence electrons. The molecule has 0 radical (unpaired) electrons. The number of hydrogen-bond acceptors (Lipinski definition) is 6. The van der Waals surface area contributed by atoms with Gasteiger partial charge in [-0.25, -0.2) is 0 Å². The van der Waals surface area contributed by atoms with Gasteiger partial charge < -0.3 is 14.2 Å². The summed E-state index contributed by atoms with van der Waals surface area (Å²) in [5, 5.41) is 0. The highest BCUT2D eigenvalue weighted by Gasteiger charge is 2.19. The van der Waals surface area contributed by atoms with E-state index in [9.17, 15) is 14.4 Å². The lowest BCUT2D eigenvalue weighted by Gasteiger charge is -2.18. The smallest absolute Gasteiger partial charge is 0.306 e. The second-order valence-electron chi connectivity index (χ2n) is 21.7. The lowest BCUT2D eigenvalue weighted by Crippen LogP contribution is -2.30. The highest BCUT2D eigenvalue weighted by molar-refractivity contribution is 5.71. The molecule has 0 aromatic rings. The van der Waals surface area contributed by atoms with Crippen molar-refractivity contribution >= 4 is 17.9 Å². The zero-order valence-electron chi connectivity index (χ0n) is 48.0. The molecule has 0 aliphatic rings. The molecule has 71 heavy (non-hydrogen) atoms. The number of carbonyl (C=O) groups excluding carboxylic acids is 3. The van der Waals surface area contributed by atoms with Crippen LogP contribution in [0.25, 0.3) is 0 Å². The topological polar surface area (TPSA) is 78.9 Å². The van der Waals surface area contributed by atoms with Crippen LogP contribution in [0, 0.1) is 0 Å². The van der Waals surface area contributed by atoms with Crippen molar-refractivity contribution in [3.63, 3.8) is 0 Å². The molecule has 0 N–H and O–H groups in total. The molecule has 0 rings (SSSR count). The van der Waals surface area contributed by atoms with Crippen LogP contribution in [0.3, 0.4) is 0 Å². The lowest BCUT2D eigenvalue weighted by molar-refractivity contribution is -0.167. The van der Waals surface area contributed by atoms with Crippen molar-refractivity contribution in [3.05, 3.63) is 24.3 Å². The van der Waals surface area contributed by atoms with Gasteiger partial charge in [0.15, 0.2) is 6.10 Å². The molecule has 0 aliphatic heterocycles. The van der Waals surface area contributed by atoms with Crippen molar-refractivity contribution in [2.75, 3.05) is 13.2 Å². The summed E-state index contributed by atoms with van der Waals surface area (Å²) in [5.41, 5.74) is 0. The Morgan fingerprint density at radius 2 is 0.507 bits per heavy atom. The highest BCUT2D eigenvalue weighted by Crippen LogP contribution is 2.18. The molecule has 0 heterocycles. The van der Waals surface area contributed by atoms with Crippen LogP contribution in [-0.4, -0.2) is 37.2 Å². The van der Waals surface area contributed by atoms with Crippen molar-refractivity contribution in [1.29, 1.82) is 0 Å². The molecular weight excluding hydrogens is 877 g/mol. The van der Waals surface area contributed by atoms with Crippen LogP contribution in [0.5, 0.6) is 0 Å². The first-order valence-corrected chi connectivity index (χ1v) is 31.8. The minimum atomic E-state index is -0.772. The minimum absolute atomic E-state index is 0.0727. The summed E-state index contributed by atoms with van der Waals surface area (Å²) >= 11 is 0. The number of ether oxygens (including phenoxy) is 3. The first-order valence-electron chi connectivity index (χ1n) is 31.8. The standard InChI is InChI=1S/C65H122O6/c1-4-7-10-13-16-18-20-22-24-26-27-28-29-30-31-32-33-34-35-36-37-38-39-40-42-43-45-47-49-52-55-58-64(67)70-61-62(60-69-63(66)57-54-51-15-12-9-6-3)71-65(68)59-56-53-50-48-46-44-41-25-23-21-19-17-14-11-8-5-2/h19,21,25,41,62H,4-18,20,22-24,26-40,42-61H2,1-3H3/b21-19-,41-25-. The molecule has 0 spiro atoms. The molecule has 0 aromatic carbocycles. The lowest BCUT2D eigenvalue weighted by atomic mass is 10.0. The van der Waals surface area contributed by atoms with E-state index < -0.39 is 6.10 Å². The second-order valence-corrected chi connectivity index (χ2v) is 21.7. The van der Waals surface area contributed by atoms with E-state index in [1.54, 1.807) is 0 Å². The predicted octanol–water partition coefficient (Wildman–Crippen LogP) is 21.4. The predicted molar refractivity (Wildman–Crippen MR) is 307 cm³/mol. The summed E-state index contributed by atoms with van der Waals surface area (Å²) in [6.45, 7) is 6.60. The monoisotopic (exact) mass is 999 g/mol. The average Bonchev–Trinajstić information content (AvgIpc) is 3.37. The first-order chi connectivity index (χ1) is 35.0. The van der Waals surface area contributed by atoms with Gasteiger partial charge in [0.1, 0.15) is 13.2 Å². The number of rotatable bonds is 59. The van der Waals surface area contributed by atoms with E-state index >= 15 is 0 Å². The summed E-state index contributed by atoms with van der Waals surface area (Å²) in [7, 11) is 0. The third kappa shape index (κ3) is 58.7. The molecule has 0 aromatic heterocycles. The normalized spacial score (nSPS) is 12.1. The van der Waals surface area contributed by atoms with E-state index in [1.165, 1.54) is 238 Å². The van der Waals surface area contributed by atoms with Crippen LogP contribution in [0.15, 0.2) is 24.3 Å². The Balaban J connectivity index is 3.94. The van der Waals surface area contributed by atoms with Crippen LogP contribution in [0.4, 0.5) is 0 Å². The van der Waals surface area contributed by atoms with Crippen molar-refractivity contribution in [2.45, 2.75) is 361 Å². The van der Waals surface area contributed by atoms with E-state index in [0.717, 1.165) is 77.0 Å². The Hall–Kier alpha value is -2.11. The molecule has 6 heteroatoms. The summed E-state index contributed by atoms with van der Waals surface area (Å²) in [5.74, 6) is -0.877. The fourth-order valence-electron chi connectivity index (χ4n) is 9.65. The van der Waals surface area contributed by atoms with E-state index in [0.29, 0.717) is 19.3 Å². The Labute approximate surface area is 443 Å². The van der Waals surface area contributed by atoms with Gasteiger partial charge in [0.2, 0.25) is 0 Å². The number of unbranched alkanes of at least 4 members (excludes halogenated alkanes) is 44. The second kappa shape index (κ2) is 60.4. The fraction of sp³-hybridized carbons (Fsp3) is 0.892. The van der Waals surface area contributed by atoms with Crippen LogP contribution < -0.4 is 0 Å². The molecule has 0 saturated heterocycles. The number of esters is 3. The van der Waals surface area contributed by atoms with Crippen molar-refractivity contribution in [2.24, 2.45) is 0 Å². The third-order valence-electron chi connectivity index (χ3n) is 14.5. The Kier molecular flexibility index (Phi) is 58.6. The molecule has 0 amide bonds. The summed E-state index contributed by atoms with van der Waals surface area (Å²) in [4.78, 5) is 37.9. The Bertz CT molecular complexity index is 1150. The first kappa shape index (κ1) is 68.9. The van der Waals surface area contributed by atoms with Gasteiger partial charge in [-0.2, -0.15) is 0 Å². The summed E-state index contributed by atoms with van der Waals surface area (Å²) in [6.07, 6.45) is 72.4. The van der Waals surface area contributed by atoms with Crippen molar-refractivity contribution < 1.29 is 28.6 Å². The SMILES string of the molecule is CCCCCC/C=C\C/C=C\CCCCCCCC(=O)OC(COC(=O)CCCCCCCC)COC(=O)CCCCCCCCCCCCCCCCCCCCCCCCCCCCCCCCC. The quantitative estimate of drug-likeness (QED) is 0.0261. The van der Waals surface area contributed by atoms with Gasteiger partial charge in [-0.15, -0.1) is 0 Å². The molecule has 0 aliphatic carbocycles. The maximum Gasteiger partial charge on any atom is 0.306 e. The Morgan fingerprint density at radius 3 is 0.789 bits per heavy atom. The van der Waals surface area contributed by atoms with E-state index in [-0.39, 0.29) is 31.1 Å². The minimum Gasteiger partial charge on any atom is -0.462 e. The molecule has 0 saturated carbocycles. The average molecular weight is 1000 g/mol. The molecule has 1 atom stereocenters. The molecule has 1 unspecified atom stereocenters. The summed E-state index contributed by atoms with van der Waals surface area (Å²) in [6, 6.07) is 0. The van der Waals surface area contributed by atoms with Crippen LogP contribution in [0.1, 0.15) is 355 Å². The van der Waals surface area contributed by atoms with Gasteiger partial charge in [-0.05, 0) is 51.4 Å². The van der Waals surface area contributed by atoms with E-state index in [1.807, 2.05) is 0 Å². The number of allylic oxidation sites excluding steroid dienone is 4. The number of carbonyl (C=O) groups is 3. The summed E-state index contributed by atoms with van der Waals surface area (Å²) < 4.78 is 16.8. The molecule has 0 bridgehead atoms. The van der Waals surface area contributed by atoms with Gasteiger partial charge in [-0.1, -0.05) is 308 Å².